The third-order valence-corrected chi connectivity index (χ3v) is 3.92. The van der Waals surface area contributed by atoms with Crippen LogP contribution < -0.4 is 4.57 Å². The maximum Gasteiger partial charge on any atom is 0.255 e. The third kappa shape index (κ3) is 1.62. The maximum absolute atomic E-state index is 2.13. The quantitative estimate of drug-likeness (QED) is 0.602. The summed E-state index contributed by atoms with van der Waals surface area (Å²) in [6.07, 6.45) is 6.24. The molecule has 0 unspecified atom stereocenters. The number of hydrogen-bond acceptors (Lipinski definition) is 2. The van der Waals surface area contributed by atoms with Gasteiger partial charge in [0.2, 0.25) is 0 Å². The van der Waals surface area contributed by atoms with Gasteiger partial charge in [0.25, 0.3) is 6.33 Å². The fraction of sp³-hybridized carbons (Fsp3) is 0. The van der Waals surface area contributed by atoms with E-state index in [1.807, 2.05) is 0 Å². The molecule has 0 aliphatic carbocycles. The van der Waals surface area contributed by atoms with E-state index in [-0.39, 0.29) is 0 Å². The van der Waals surface area contributed by atoms with Gasteiger partial charge < -0.3 is 0 Å². The average Bonchev–Trinajstić information content (AvgIpc) is 3.02. The molecule has 0 N–H and O–H groups in total. The first-order valence-electron chi connectivity index (χ1n) is 4.60. The summed E-state index contributed by atoms with van der Waals surface area (Å²) in [4.78, 5) is 0. The van der Waals surface area contributed by atoms with Gasteiger partial charge in [0.15, 0.2) is 10.0 Å². The lowest BCUT2D eigenvalue weighted by atomic mass is 10.6. The molecule has 74 valence electrons. The van der Waals surface area contributed by atoms with E-state index in [0.29, 0.717) is 0 Å². The van der Waals surface area contributed by atoms with E-state index in [9.17, 15) is 0 Å². The third-order valence-electron chi connectivity index (χ3n) is 2.16. The Morgan fingerprint density at radius 2 is 1.93 bits per heavy atom. The molecule has 4 heteroatoms. The predicted octanol–water partition coefficient (Wildman–Crippen LogP) is 2.88. The summed E-state index contributed by atoms with van der Waals surface area (Å²) in [7, 11) is 0. The minimum atomic E-state index is 1.24. The van der Waals surface area contributed by atoms with Crippen LogP contribution in [0.25, 0.3) is 10.0 Å². The summed E-state index contributed by atoms with van der Waals surface area (Å²) in [6, 6.07) is 8.36. The number of hydrogen-bond donors (Lipinski definition) is 0. The van der Waals surface area contributed by atoms with Crippen molar-refractivity contribution in [2.75, 3.05) is 0 Å². The summed E-state index contributed by atoms with van der Waals surface area (Å²) in [6.45, 7) is 0. The molecule has 0 amide bonds. The maximum atomic E-state index is 2.13. The Morgan fingerprint density at radius 3 is 2.67 bits per heavy atom. The summed E-state index contributed by atoms with van der Waals surface area (Å²) < 4.78 is 4.26. The molecule has 3 rings (SSSR count). The smallest absolute Gasteiger partial charge is 0.193 e. The van der Waals surface area contributed by atoms with E-state index in [1.165, 1.54) is 10.0 Å². The SMILES string of the molecule is c1csc(-n2cc[n+](-c3cccs3)c2)c1. The largest absolute Gasteiger partial charge is 0.255 e. The Bertz CT molecular complexity index is 486. The highest BCUT2D eigenvalue weighted by molar-refractivity contribution is 7.12. The van der Waals surface area contributed by atoms with Gasteiger partial charge in [0, 0.05) is 0 Å². The van der Waals surface area contributed by atoms with Crippen LogP contribution in [0.2, 0.25) is 0 Å². The molecule has 0 radical (unpaired) electrons. The Labute approximate surface area is 95.7 Å². The van der Waals surface area contributed by atoms with E-state index in [0.717, 1.165) is 0 Å². The highest BCUT2D eigenvalue weighted by Crippen LogP contribution is 2.14. The Kier molecular flexibility index (Phi) is 2.16. The zero-order valence-electron chi connectivity index (χ0n) is 7.91. The first kappa shape index (κ1) is 8.88. The molecule has 15 heavy (non-hydrogen) atoms. The standard InChI is InChI=1S/C11H9N2S2/c1-3-10(14-7-1)12-5-6-13(9-12)11-4-2-8-15-11/h1-9H/q+1. The first-order valence-corrected chi connectivity index (χ1v) is 6.36. The Hall–Kier alpha value is -1.39. The molecule has 0 aromatic carbocycles. The second kappa shape index (κ2) is 3.64. The van der Waals surface area contributed by atoms with Crippen molar-refractivity contribution in [2.24, 2.45) is 0 Å². The topological polar surface area (TPSA) is 8.81 Å². The lowest BCUT2D eigenvalue weighted by molar-refractivity contribution is -0.590. The van der Waals surface area contributed by atoms with Crippen LogP contribution in [0.15, 0.2) is 53.7 Å². The molecule has 3 aromatic heterocycles. The van der Waals surface area contributed by atoms with E-state index in [1.54, 1.807) is 22.7 Å². The van der Waals surface area contributed by atoms with Crippen molar-refractivity contribution in [1.82, 2.24) is 4.57 Å². The van der Waals surface area contributed by atoms with Crippen molar-refractivity contribution in [1.29, 1.82) is 0 Å². The fourth-order valence-corrected chi connectivity index (χ4v) is 2.82. The normalized spacial score (nSPS) is 10.7. The van der Waals surface area contributed by atoms with Gasteiger partial charge in [0.1, 0.15) is 12.4 Å². The molecule has 0 bridgehead atoms. The molecule has 0 spiro atoms. The van der Waals surface area contributed by atoms with Crippen molar-refractivity contribution in [2.45, 2.75) is 0 Å². The predicted molar refractivity (Wildman–Crippen MR) is 63.1 cm³/mol. The van der Waals surface area contributed by atoms with E-state index in [4.69, 9.17) is 0 Å². The van der Waals surface area contributed by atoms with Gasteiger partial charge in [0.05, 0.1) is 0 Å². The van der Waals surface area contributed by atoms with Crippen LogP contribution in [0.3, 0.4) is 0 Å². The molecule has 0 aliphatic rings. The first-order chi connectivity index (χ1) is 7.43. The highest BCUT2D eigenvalue weighted by Gasteiger charge is 2.09. The van der Waals surface area contributed by atoms with E-state index < -0.39 is 0 Å². The summed E-state index contributed by atoms with van der Waals surface area (Å²) in [5.74, 6) is 0. The Morgan fingerprint density at radius 1 is 1.07 bits per heavy atom. The van der Waals surface area contributed by atoms with Crippen molar-refractivity contribution in [3.05, 3.63) is 53.7 Å². The van der Waals surface area contributed by atoms with Gasteiger partial charge in [-0.2, -0.15) is 9.13 Å². The summed E-state index contributed by atoms with van der Waals surface area (Å²) in [5, 5.41) is 6.66. The zero-order valence-corrected chi connectivity index (χ0v) is 9.54. The summed E-state index contributed by atoms with van der Waals surface area (Å²) >= 11 is 3.48. The molecule has 0 atom stereocenters. The van der Waals surface area contributed by atoms with Crippen LogP contribution in [0.4, 0.5) is 0 Å². The minimum Gasteiger partial charge on any atom is -0.193 e. The molecule has 3 heterocycles. The minimum absolute atomic E-state index is 1.24. The second-order valence-electron chi connectivity index (χ2n) is 3.13. The fourth-order valence-electron chi connectivity index (χ4n) is 1.45. The monoisotopic (exact) mass is 233 g/mol. The van der Waals surface area contributed by atoms with Crippen molar-refractivity contribution >= 4 is 22.7 Å². The van der Waals surface area contributed by atoms with Crippen LogP contribution in [-0.2, 0) is 0 Å². The van der Waals surface area contributed by atoms with Gasteiger partial charge in [-0.05, 0) is 35.0 Å². The van der Waals surface area contributed by atoms with Crippen molar-refractivity contribution in [3.8, 4) is 10.0 Å². The molecular formula is C11H9N2S2+. The molecule has 3 aromatic rings. The number of imidazole rings is 1. The number of nitrogens with zero attached hydrogens (tertiary/aromatic N) is 2. The van der Waals surface area contributed by atoms with Crippen LogP contribution in [0, 0.1) is 0 Å². The van der Waals surface area contributed by atoms with Gasteiger partial charge in [-0.3, -0.25) is 0 Å². The second-order valence-corrected chi connectivity index (χ2v) is 4.98. The van der Waals surface area contributed by atoms with Gasteiger partial charge in [-0.1, -0.05) is 0 Å². The lowest BCUT2D eigenvalue weighted by Gasteiger charge is -1.88. The molecule has 0 saturated carbocycles. The van der Waals surface area contributed by atoms with Crippen LogP contribution in [0.5, 0.6) is 0 Å². The average molecular weight is 233 g/mol. The van der Waals surface area contributed by atoms with Crippen molar-refractivity contribution < 1.29 is 4.57 Å². The van der Waals surface area contributed by atoms with E-state index in [2.05, 4.69) is 62.9 Å². The molecule has 0 fully saturated rings. The highest BCUT2D eigenvalue weighted by atomic mass is 32.1. The van der Waals surface area contributed by atoms with Crippen molar-refractivity contribution in [3.63, 3.8) is 0 Å². The molecule has 2 nitrogen and oxygen atoms in total. The zero-order chi connectivity index (χ0) is 10.1. The van der Waals surface area contributed by atoms with Gasteiger partial charge >= 0.3 is 0 Å². The van der Waals surface area contributed by atoms with Crippen LogP contribution in [-0.4, -0.2) is 4.57 Å². The van der Waals surface area contributed by atoms with Gasteiger partial charge in [-0.25, -0.2) is 0 Å². The molecule has 0 aliphatic heterocycles. The molecular weight excluding hydrogens is 224 g/mol. The van der Waals surface area contributed by atoms with Crippen LogP contribution >= 0.6 is 22.7 Å². The number of rotatable bonds is 2. The summed E-state index contributed by atoms with van der Waals surface area (Å²) in [5.41, 5.74) is 0. The lowest BCUT2D eigenvalue weighted by Crippen LogP contribution is -2.25. The number of thiophene rings is 2. The van der Waals surface area contributed by atoms with Crippen LogP contribution in [0.1, 0.15) is 0 Å². The van der Waals surface area contributed by atoms with Gasteiger partial charge in [-0.15, -0.1) is 22.7 Å². The molecule has 0 saturated heterocycles. The Balaban J connectivity index is 2.02. The van der Waals surface area contributed by atoms with E-state index >= 15 is 0 Å². The number of aromatic nitrogens is 2.